The Bertz CT molecular complexity index is 379. The molecule has 0 aliphatic carbocycles. The van der Waals surface area contributed by atoms with Gasteiger partial charge in [0.25, 0.3) is 0 Å². The Balaban J connectivity index is 2.57. The standard InChI is InChI=1S/C13H19F3N2O2/c1-9(5-12(19)20)10-3-2-4-18(7-10)8-11(6-17)13(14,15)16/h9-11H,2-5,7-8H2,1H3,(H,19,20). The third-order valence-electron chi connectivity index (χ3n) is 3.84. The second kappa shape index (κ2) is 6.93. The van der Waals surface area contributed by atoms with Crippen LogP contribution in [0.1, 0.15) is 26.2 Å². The van der Waals surface area contributed by atoms with Gasteiger partial charge in [-0.05, 0) is 31.2 Å². The molecule has 1 aliphatic rings. The lowest BCUT2D eigenvalue weighted by Gasteiger charge is -2.36. The van der Waals surface area contributed by atoms with E-state index in [1.165, 1.54) is 6.07 Å². The van der Waals surface area contributed by atoms with Crippen molar-refractivity contribution in [2.45, 2.75) is 32.4 Å². The molecular weight excluding hydrogens is 273 g/mol. The van der Waals surface area contributed by atoms with Gasteiger partial charge in [-0.3, -0.25) is 4.79 Å². The third-order valence-corrected chi connectivity index (χ3v) is 3.84. The smallest absolute Gasteiger partial charge is 0.405 e. The minimum absolute atomic E-state index is 0.0272. The van der Waals surface area contributed by atoms with Crippen LogP contribution in [0.5, 0.6) is 0 Å². The van der Waals surface area contributed by atoms with Gasteiger partial charge in [-0.25, -0.2) is 0 Å². The van der Waals surface area contributed by atoms with Crippen LogP contribution in [-0.4, -0.2) is 41.8 Å². The van der Waals surface area contributed by atoms with Crippen LogP contribution in [0.2, 0.25) is 0 Å². The van der Waals surface area contributed by atoms with Crippen LogP contribution in [-0.2, 0) is 4.79 Å². The van der Waals surface area contributed by atoms with Gasteiger partial charge < -0.3 is 10.0 Å². The first-order chi connectivity index (χ1) is 9.24. The molecule has 7 heteroatoms. The Morgan fingerprint density at radius 3 is 2.70 bits per heavy atom. The number of alkyl halides is 3. The average molecular weight is 292 g/mol. The molecule has 4 nitrogen and oxygen atoms in total. The van der Waals surface area contributed by atoms with E-state index in [0.29, 0.717) is 13.1 Å². The van der Waals surface area contributed by atoms with E-state index in [2.05, 4.69) is 0 Å². The highest BCUT2D eigenvalue weighted by Crippen LogP contribution is 2.30. The summed E-state index contributed by atoms with van der Waals surface area (Å²) in [5, 5.41) is 17.4. The predicted molar refractivity (Wildman–Crippen MR) is 65.7 cm³/mol. The Morgan fingerprint density at radius 1 is 1.55 bits per heavy atom. The van der Waals surface area contributed by atoms with Crippen molar-refractivity contribution in [3.63, 3.8) is 0 Å². The number of rotatable bonds is 5. The van der Waals surface area contributed by atoms with E-state index in [9.17, 15) is 18.0 Å². The summed E-state index contributed by atoms with van der Waals surface area (Å²) < 4.78 is 37.7. The molecule has 0 aromatic heterocycles. The van der Waals surface area contributed by atoms with Gasteiger partial charge in [0.15, 0.2) is 5.92 Å². The third kappa shape index (κ3) is 5.00. The second-order valence-electron chi connectivity index (χ2n) is 5.46. The topological polar surface area (TPSA) is 64.3 Å². The zero-order valence-electron chi connectivity index (χ0n) is 11.4. The van der Waals surface area contributed by atoms with Crippen molar-refractivity contribution in [1.82, 2.24) is 4.90 Å². The number of nitrogens with zero attached hydrogens (tertiary/aromatic N) is 2. The maximum atomic E-state index is 12.6. The largest absolute Gasteiger partial charge is 0.481 e. The molecule has 0 radical (unpaired) electrons. The van der Waals surface area contributed by atoms with E-state index < -0.39 is 18.1 Å². The van der Waals surface area contributed by atoms with Crippen molar-refractivity contribution in [3.8, 4) is 6.07 Å². The van der Waals surface area contributed by atoms with E-state index >= 15 is 0 Å². The lowest BCUT2D eigenvalue weighted by molar-refractivity contribution is -0.164. The maximum Gasteiger partial charge on any atom is 0.405 e. The monoisotopic (exact) mass is 292 g/mol. The number of aliphatic carboxylic acids is 1. The molecular formula is C13H19F3N2O2. The van der Waals surface area contributed by atoms with Gasteiger partial charge >= 0.3 is 12.1 Å². The fourth-order valence-corrected chi connectivity index (χ4v) is 2.64. The van der Waals surface area contributed by atoms with Crippen molar-refractivity contribution in [2.75, 3.05) is 19.6 Å². The molecule has 0 aromatic carbocycles. The molecule has 3 atom stereocenters. The van der Waals surface area contributed by atoms with Crippen molar-refractivity contribution in [2.24, 2.45) is 17.8 Å². The fraction of sp³-hybridized carbons (Fsp3) is 0.846. The van der Waals surface area contributed by atoms with Gasteiger partial charge in [0.1, 0.15) is 0 Å². The molecule has 1 saturated heterocycles. The van der Waals surface area contributed by atoms with Gasteiger partial charge in [0.05, 0.1) is 6.07 Å². The van der Waals surface area contributed by atoms with Gasteiger partial charge in [-0.2, -0.15) is 18.4 Å². The Kier molecular flexibility index (Phi) is 5.81. The minimum atomic E-state index is -4.51. The molecule has 1 heterocycles. The lowest BCUT2D eigenvalue weighted by Crippen LogP contribution is -2.43. The van der Waals surface area contributed by atoms with Crippen molar-refractivity contribution in [3.05, 3.63) is 0 Å². The summed E-state index contributed by atoms with van der Waals surface area (Å²) in [5.74, 6) is -2.86. The lowest BCUT2D eigenvalue weighted by atomic mass is 9.84. The van der Waals surface area contributed by atoms with Gasteiger partial charge in [0, 0.05) is 19.5 Å². The molecule has 1 N–H and O–H groups in total. The highest BCUT2D eigenvalue weighted by atomic mass is 19.4. The summed E-state index contributed by atoms with van der Waals surface area (Å²) in [7, 11) is 0. The molecule has 0 saturated carbocycles. The SMILES string of the molecule is CC(CC(=O)O)C1CCCN(CC(C#N)C(F)(F)F)C1. The first kappa shape index (κ1) is 16.8. The van der Waals surface area contributed by atoms with Gasteiger partial charge in [-0.1, -0.05) is 6.92 Å². The molecule has 1 fully saturated rings. The Hall–Kier alpha value is -1.29. The molecule has 0 aromatic rings. The quantitative estimate of drug-likeness (QED) is 0.845. The second-order valence-corrected chi connectivity index (χ2v) is 5.46. The molecule has 0 spiro atoms. The fourth-order valence-electron chi connectivity index (χ4n) is 2.64. The van der Waals surface area contributed by atoms with E-state index in [1.54, 1.807) is 4.90 Å². The zero-order chi connectivity index (χ0) is 15.3. The zero-order valence-corrected chi connectivity index (χ0v) is 11.4. The van der Waals surface area contributed by atoms with Crippen LogP contribution < -0.4 is 0 Å². The molecule has 0 bridgehead atoms. The number of carbonyl (C=O) groups is 1. The van der Waals surface area contributed by atoms with Crippen LogP contribution in [0, 0.1) is 29.1 Å². The van der Waals surface area contributed by atoms with Crippen LogP contribution in [0.25, 0.3) is 0 Å². The number of nitriles is 1. The van der Waals surface area contributed by atoms with Crippen LogP contribution in [0.15, 0.2) is 0 Å². The van der Waals surface area contributed by atoms with E-state index in [1.807, 2.05) is 6.92 Å². The number of likely N-dealkylation sites (tertiary alicyclic amines) is 1. The number of hydrogen-bond acceptors (Lipinski definition) is 3. The molecule has 114 valence electrons. The molecule has 1 rings (SSSR count). The predicted octanol–water partition coefficient (Wildman–Crippen LogP) is 2.51. The van der Waals surface area contributed by atoms with Gasteiger partial charge in [-0.15, -0.1) is 0 Å². The van der Waals surface area contributed by atoms with Crippen LogP contribution >= 0.6 is 0 Å². The number of piperidine rings is 1. The number of carboxylic acid groups (broad SMARTS) is 1. The first-order valence-electron chi connectivity index (χ1n) is 6.64. The van der Waals surface area contributed by atoms with E-state index in [-0.39, 0.29) is 24.8 Å². The maximum absolute atomic E-state index is 12.6. The van der Waals surface area contributed by atoms with Gasteiger partial charge in [0.2, 0.25) is 0 Å². The average Bonchev–Trinajstić information content (AvgIpc) is 2.34. The van der Waals surface area contributed by atoms with Crippen molar-refractivity contribution < 1.29 is 23.1 Å². The highest BCUT2D eigenvalue weighted by molar-refractivity contribution is 5.67. The first-order valence-corrected chi connectivity index (χ1v) is 6.64. The van der Waals surface area contributed by atoms with Crippen LogP contribution in [0.3, 0.4) is 0 Å². The Labute approximate surface area is 116 Å². The summed E-state index contributed by atoms with van der Waals surface area (Å²) in [6.45, 7) is 2.46. The number of carboxylic acids is 1. The molecule has 20 heavy (non-hydrogen) atoms. The van der Waals surface area contributed by atoms with Crippen molar-refractivity contribution >= 4 is 5.97 Å². The summed E-state index contributed by atoms with van der Waals surface area (Å²) in [6.07, 6.45) is -2.91. The normalized spacial score (nSPS) is 23.9. The van der Waals surface area contributed by atoms with E-state index in [0.717, 1.165) is 12.8 Å². The molecule has 0 amide bonds. The summed E-state index contributed by atoms with van der Waals surface area (Å²) in [5.41, 5.74) is 0. The van der Waals surface area contributed by atoms with Crippen LogP contribution in [0.4, 0.5) is 13.2 Å². The summed E-state index contributed by atoms with van der Waals surface area (Å²) >= 11 is 0. The highest BCUT2D eigenvalue weighted by Gasteiger charge is 2.41. The minimum Gasteiger partial charge on any atom is -0.481 e. The van der Waals surface area contributed by atoms with Crippen molar-refractivity contribution in [1.29, 1.82) is 5.26 Å². The summed E-state index contributed by atoms with van der Waals surface area (Å²) in [6, 6.07) is 1.30. The Morgan fingerprint density at radius 2 is 2.20 bits per heavy atom. The molecule has 1 aliphatic heterocycles. The molecule has 3 unspecified atom stereocenters. The number of hydrogen-bond donors (Lipinski definition) is 1. The van der Waals surface area contributed by atoms with E-state index in [4.69, 9.17) is 10.4 Å². The number of halogens is 3. The summed E-state index contributed by atoms with van der Waals surface area (Å²) in [4.78, 5) is 12.3.